The Morgan fingerprint density at radius 1 is 1.38 bits per heavy atom. The molecule has 1 aromatic carbocycles. The molecule has 2 rings (SSSR count). The van der Waals surface area contributed by atoms with Crippen molar-refractivity contribution in [3.63, 3.8) is 0 Å². The van der Waals surface area contributed by atoms with Crippen LogP contribution in [0, 0.1) is 0 Å². The van der Waals surface area contributed by atoms with E-state index in [2.05, 4.69) is 10.7 Å². The van der Waals surface area contributed by atoms with Gasteiger partial charge in [0.05, 0.1) is 31.1 Å². The van der Waals surface area contributed by atoms with E-state index in [1.807, 2.05) is 11.1 Å². The SMILES string of the molecule is CCOC(=O)c1ccccc1NC(=S)NN1CCOCC1. The van der Waals surface area contributed by atoms with E-state index in [-0.39, 0.29) is 5.97 Å². The largest absolute Gasteiger partial charge is 0.462 e. The lowest BCUT2D eigenvalue weighted by atomic mass is 10.2. The van der Waals surface area contributed by atoms with Crippen LogP contribution in [-0.2, 0) is 9.47 Å². The molecule has 6 nitrogen and oxygen atoms in total. The highest BCUT2D eigenvalue weighted by atomic mass is 32.1. The van der Waals surface area contributed by atoms with Gasteiger partial charge in [-0.05, 0) is 31.3 Å². The molecule has 0 aromatic heterocycles. The van der Waals surface area contributed by atoms with Crippen LogP contribution in [0.15, 0.2) is 24.3 Å². The molecular formula is C14H19N3O3S. The number of benzene rings is 1. The predicted molar refractivity (Wildman–Crippen MR) is 84.1 cm³/mol. The molecule has 0 amide bonds. The summed E-state index contributed by atoms with van der Waals surface area (Å²) in [4.78, 5) is 11.9. The zero-order valence-corrected chi connectivity index (χ0v) is 12.7. The van der Waals surface area contributed by atoms with Gasteiger partial charge in [0.25, 0.3) is 0 Å². The summed E-state index contributed by atoms with van der Waals surface area (Å²) in [6.07, 6.45) is 0. The Balaban J connectivity index is 1.98. The highest BCUT2D eigenvalue weighted by Crippen LogP contribution is 2.16. The third kappa shape index (κ3) is 4.66. The van der Waals surface area contributed by atoms with Gasteiger partial charge in [-0.25, -0.2) is 9.80 Å². The fourth-order valence-electron chi connectivity index (χ4n) is 1.95. The molecule has 0 saturated carbocycles. The molecule has 1 saturated heterocycles. The summed E-state index contributed by atoms with van der Waals surface area (Å²) in [6.45, 7) is 4.99. The van der Waals surface area contributed by atoms with Crippen LogP contribution in [-0.4, -0.2) is 49.0 Å². The van der Waals surface area contributed by atoms with Crippen molar-refractivity contribution in [2.75, 3.05) is 38.2 Å². The molecule has 0 bridgehead atoms. The molecule has 0 aliphatic carbocycles. The number of hydrogen-bond donors (Lipinski definition) is 2. The second-order valence-corrected chi connectivity index (χ2v) is 4.84. The van der Waals surface area contributed by atoms with Gasteiger partial charge in [0.15, 0.2) is 5.11 Å². The monoisotopic (exact) mass is 309 g/mol. The van der Waals surface area contributed by atoms with E-state index in [4.69, 9.17) is 21.7 Å². The number of carbonyl (C=O) groups is 1. The van der Waals surface area contributed by atoms with Gasteiger partial charge >= 0.3 is 5.97 Å². The van der Waals surface area contributed by atoms with Gasteiger partial charge in [-0.3, -0.25) is 5.43 Å². The number of thiocarbonyl (C=S) groups is 1. The molecule has 2 N–H and O–H groups in total. The van der Waals surface area contributed by atoms with Crippen molar-refractivity contribution in [1.82, 2.24) is 10.4 Å². The number of carbonyl (C=O) groups excluding carboxylic acids is 1. The van der Waals surface area contributed by atoms with E-state index in [0.29, 0.717) is 36.2 Å². The lowest BCUT2D eigenvalue weighted by Gasteiger charge is -2.28. The van der Waals surface area contributed by atoms with E-state index in [9.17, 15) is 4.79 Å². The molecule has 1 aromatic rings. The molecule has 0 atom stereocenters. The molecule has 0 radical (unpaired) electrons. The summed E-state index contributed by atoms with van der Waals surface area (Å²) in [5.74, 6) is -0.366. The Hall–Kier alpha value is -1.70. The van der Waals surface area contributed by atoms with Crippen LogP contribution in [0.4, 0.5) is 5.69 Å². The average molecular weight is 309 g/mol. The van der Waals surface area contributed by atoms with Crippen molar-refractivity contribution >= 4 is 29.0 Å². The van der Waals surface area contributed by atoms with Gasteiger partial charge in [0.1, 0.15) is 0 Å². The zero-order valence-electron chi connectivity index (χ0n) is 11.9. The van der Waals surface area contributed by atoms with Crippen molar-refractivity contribution in [1.29, 1.82) is 0 Å². The average Bonchev–Trinajstić information content (AvgIpc) is 2.49. The molecular weight excluding hydrogens is 290 g/mol. The second kappa shape index (κ2) is 7.92. The van der Waals surface area contributed by atoms with Gasteiger partial charge < -0.3 is 14.8 Å². The number of esters is 1. The van der Waals surface area contributed by atoms with E-state index < -0.39 is 0 Å². The molecule has 1 aliphatic heterocycles. The number of hydrazine groups is 1. The first kappa shape index (κ1) is 15.7. The van der Waals surface area contributed by atoms with Crippen LogP contribution in [0.25, 0.3) is 0 Å². The van der Waals surface area contributed by atoms with Gasteiger partial charge in [-0.1, -0.05) is 12.1 Å². The van der Waals surface area contributed by atoms with E-state index in [0.717, 1.165) is 13.1 Å². The minimum atomic E-state index is -0.366. The number of hydrogen-bond acceptors (Lipinski definition) is 5. The number of rotatable bonds is 4. The molecule has 7 heteroatoms. The maximum atomic E-state index is 11.9. The Morgan fingerprint density at radius 2 is 2.10 bits per heavy atom. The second-order valence-electron chi connectivity index (χ2n) is 4.43. The van der Waals surface area contributed by atoms with E-state index >= 15 is 0 Å². The highest BCUT2D eigenvalue weighted by Gasteiger charge is 2.15. The predicted octanol–water partition coefficient (Wildman–Crippen LogP) is 1.40. The van der Waals surface area contributed by atoms with E-state index in [1.54, 1.807) is 25.1 Å². The van der Waals surface area contributed by atoms with E-state index in [1.165, 1.54) is 0 Å². The fraction of sp³-hybridized carbons (Fsp3) is 0.429. The molecule has 1 fully saturated rings. The summed E-state index contributed by atoms with van der Waals surface area (Å²) < 4.78 is 10.3. The maximum absolute atomic E-state index is 11.9. The lowest BCUT2D eigenvalue weighted by molar-refractivity contribution is 0.0252. The van der Waals surface area contributed by atoms with Crippen LogP contribution < -0.4 is 10.7 Å². The van der Waals surface area contributed by atoms with Crippen molar-refractivity contribution in [3.05, 3.63) is 29.8 Å². The number of ether oxygens (including phenoxy) is 2. The third-order valence-electron chi connectivity index (χ3n) is 2.94. The van der Waals surface area contributed by atoms with Crippen molar-refractivity contribution in [2.24, 2.45) is 0 Å². The Labute approximate surface area is 129 Å². The first-order chi connectivity index (χ1) is 10.2. The van der Waals surface area contributed by atoms with Gasteiger partial charge in [0.2, 0.25) is 0 Å². The number of para-hydroxylation sites is 1. The van der Waals surface area contributed by atoms with Crippen LogP contribution in [0.2, 0.25) is 0 Å². The van der Waals surface area contributed by atoms with Crippen molar-refractivity contribution < 1.29 is 14.3 Å². The molecule has 114 valence electrons. The maximum Gasteiger partial charge on any atom is 0.340 e. The number of morpholine rings is 1. The Kier molecular flexibility index (Phi) is 5.91. The number of anilines is 1. The topological polar surface area (TPSA) is 62.8 Å². The zero-order chi connectivity index (χ0) is 15.1. The summed E-state index contributed by atoms with van der Waals surface area (Å²) in [5, 5.41) is 5.45. The smallest absolute Gasteiger partial charge is 0.340 e. The molecule has 0 spiro atoms. The third-order valence-corrected chi connectivity index (χ3v) is 3.13. The standard InChI is InChI=1S/C14H19N3O3S/c1-2-20-13(18)11-5-3-4-6-12(11)15-14(21)16-17-7-9-19-10-8-17/h3-6H,2,7-10H2,1H3,(H2,15,16,21). The van der Waals surface area contributed by atoms with Crippen molar-refractivity contribution in [2.45, 2.75) is 6.92 Å². The molecule has 21 heavy (non-hydrogen) atoms. The fourth-order valence-corrected chi connectivity index (χ4v) is 2.19. The van der Waals surface area contributed by atoms with Gasteiger partial charge in [0, 0.05) is 13.1 Å². The molecule has 0 unspecified atom stereocenters. The first-order valence-electron chi connectivity index (χ1n) is 6.87. The quantitative estimate of drug-likeness (QED) is 0.644. The van der Waals surface area contributed by atoms with Crippen LogP contribution in [0.1, 0.15) is 17.3 Å². The lowest BCUT2D eigenvalue weighted by Crippen LogP contribution is -2.49. The molecule has 1 aliphatic rings. The first-order valence-corrected chi connectivity index (χ1v) is 7.28. The van der Waals surface area contributed by atoms with Crippen LogP contribution in [0.3, 0.4) is 0 Å². The highest BCUT2D eigenvalue weighted by molar-refractivity contribution is 7.80. The summed E-state index contributed by atoms with van der Waals surface area (Å²) in [7, 11) is 0. The van der Waals surface area contributed by atoms with Crippen LogP contribution >= 0.6 is 12.2 Å². The number of nitrogens with one attached hydrogen (secondary N) is 2. The normalized spacial score (nSPS) is 15.3. The Morgan fingerprint density at radius 3 is 2.81 bits per heavy atom. The van der Waals surface area contributed by atoms with Crippen molar-refractivity contribution in [3.8, 4) is 0 Å². The minimum Gasteiger partial charge on any atom is -0.462 e. The Bertz CT molecular complexity index is 504. The number of nitrogens with zero attached hydrogens (tertiary/aromatic N) is 1. The summed E-state index contributed by atoms with van der Waals surface area (Å²) in [6, 6.07) is 7.12. The van der Waals surface area contributed by atoms with Gasteiger partial charge in [-0.2, -0.15) is 0 Å². The van der Waals surface area contributed by atoms with Gasteiger partial charge in [-0.15, -0.1) is 0 Å². The summed E-state index contributed by atoms with van der Waals surface area (Å²) >= 11 is 5.27. The minimum absolute atomic E-state index is 0.337. The van der Waals surface area contributed by atoms with Crippen LogP contribution in [0.5, 0.6) is 0 Å². The summed E-state index contributed by atoms with van der Waals surface area (Å²) in [5.41, 5.74) is 4.18. The molecule has 1 heterocycles.